The molecule has 2 rings (SSSR count). The topological polar surface area (TPSA) is 33.0 Å². The highest BCUT2D eigenvalue weighted by molar-refractivity contribution is 5.89. The van der Waals surface area contributed by atoms with Crippen LogP contribution in [0, 0.1) is 6.92 Å². The van der Waals surface area contributed by atoms with Crippen molar-refractivity contribution in [3.8, 4) is 0 Å². The van der Waals surface area contributed by atoms with E-state index in [0.717, 1.165) is 11.4 Å². The zero-order valence-electron chi connectivity index (χ0n) is 13.2. The van der Waals surface area contributed by atoms with Gasteiger partial charge in [0.25, 0.3) is 5.91 Å². The summed E-state index contributed by atoms with van der Waals surface area (Å²) in [5.74, 6) is -0.0159. The highest BCUT2D eigenvalue weighted by atomic mass is 16.1. The third-order valence-corrected chi connectivity index (χ3v) is 3.52. The first-order valence-corrected chi connectivity index (χ1v) is 7.22. The van der Waals surface area contributed by atoms with E-state index in [1.807, 2.05) is 48.0 Å². The second-order valence-corrected chi connectivity index (χ2v) is 6.35. The first-order chi connectivity index (χ1) is 9.86. The number of aromatic nitrogens is 1. The van der Waals surface area contributed by atoms with Gasteiger partial charge in [-0.15, -0.1) is 0 Å². The third-order valence-electron chi connectivity index (χ3n) is 3.52. The molecule has 0 atom stereocenters. The van der Waals surface area contributed by atoms with Crippen LogP contribution >= 0.6 is 0 Å². The molecule has 21 heavy (non-hydrogen) atoms. The lowest BCUT2D eigenvalue weighted by molar-refractivity contribution is -0.690. The number of anilines is 1. The SMILES string of the molecule is Cc1cccc[n+]1CC(=O)Nc1ccc(C(C)(C)C)cc1. The summed E-state index contributed by atoms with van der Waals surface area (Å²) in [5.41, 5.74) is 3.28. The van der Waals surface area contributed by atoms with Gasteiger partial charge in [0.15, 0.2) is 11.9 Å². The Balaban J connectivity index is 2.02. The first-order valence-electron chi connectivity index (χ1n) is 7.22. The van der Waals surface area contributed by atoms with Crippen LogP contribution in [-0.4, -0.2) is 5.91 Å². The van der Waals surface area contributed by atoms with Crippen LogP contribution < -0.4 is 9.88 Å². The van der Waals surface area contributed by atoms with Crippen LogP contribution in [0.5, 0.6) is 0 Å². The summed E-state index contributed by atoms with van der Waals surface area (Å²) in [4.78, 5) is 12.1. The molecule has 1 aromatic carbocycles. The summed E-state index contributed by atoms with van der Waals surface area (Å²) < 4.78 is 1.93. The molecule has 0 spiro atoms. The Morgan fingerprint density at radius 3 is 2.33 bits per heavy atom. The van der Waals surface area contributed by atoms with Crippen LogP contribution in [0.1, 0.15) is 32.0 Å². The maximum Gasteiger partial charge on any atom is 0.290 e. The lowest BCUT2D eigenvalue weighted by Gasteiger charge is -2.19. The number of aryl methyl sites for hydroxylation is 1. The van der Waals surface area contributed by atoms with Gasteiger partial charge in [0.1, 0.15) is 0 Å². The summed E-state index contributed by atoms with van der Waals surface area (Å²) in [5, 5.41) is 2.94. The molecule has 0 unspecified atom stereocenters. The number of rotatable bonds is 3. The molecular weight excluding hydrogens is 260 g/mol. The predicted octanol–water partition coefficient (Wildman–Crippen LogP) is 3.22. The molecule has 3 heteroatoms. The number of nitrogens with zero attached hydrogens (tertiary/aromatic N) is 1. The quantitative estimate of drug-likeness (QED) is 0.862. The second-order valence-electron chi connectivity index (χ2n) is 6.35. The van der Waals surface area contributed by atoms with E-state index in [-0.39, 0.29) is 11.3 Å². The van der Waals surface area contributed by atoms with E-state index >= 15 is 0 Å². The molecule has 1 heterocycles. The Kier molecular flexibility index (Phi) is 4.41. The number of benzene rings is 1. The van der Waals surface area contributed by atoms with Gasteiger partial charge in [-0.2, -0.15) is 4.57 Å². The molecule has 0 saturated heterocycles. The molecule has 0 aliphatic rings. The number of nitrogens with one attached hydrogen (secondary N) is 1. The minimum atomic E-state index is -0.0159. The summed E-state index contributed by atoms with van der Waals surface area (Å²) in [6.45, 7) is 8.85. The van der Waals surface area contributed by atoms with Gasteiger partial charge in [0, 0.05) is 24.7 Å². The molecular formula is C18H23N2O+. The lowest BCUT2D eigenvalue weighted by Crippen LogP contribution is -2.42. The molecule has 2 aromatic rings. The van der Waals surface area contributed by atoms with Crippen molar-refractivity contribution in [3.63, 3.8) is 0 Å². The maximum atomic E-state index is 12.1. The van der Waals surface area contributed by atoms with E-state index < -0.39 is 0 Å². The van der Waals surface area contributed by atoms with Gasteiger partial charge < -0.3 is 5.32 Å². The van der Waals surface area contributed by atoms with Crippen LogP contribution in [0.3, 0.4) is 0 Å². The van der Waals surface area contributed by atoms with Crippen molar-refractivity contribution < 1.29 is 9.36 Å². The van der Waals surface area contributed by atoms with Crippen molar-refractivity contribution in [2.75, 3.05) is 5.32 Å². The van der Waals surface area contributed by atoms with Crippen LogP contribution in [0.4, 0.5) is 5.69 Å². The number of hydrogen-bond acceptors (Lipinski definition) is 1. The Hall–Kier alpha value is -2.16. The minimum absolute atomic E-state index is 0.0159. The molecule has 0 fully saturated rings. The van der Waals surface area contributed by atoms with Crippen molar-refractivity contribution in [3.05, 3.63) is 59.9 Å². The number of pyridine rings is 1. The van der Waals surface area contributed by atoms with E-state index in [1.165, 1.54) is 5.56 Å². The number of hydrogen-bond donors (Lipinski definition) is 1. The summed E-state index contributed by atoms with van der Waals surface area (Å²) in [6, 6.07) is 13.9. The number of amides is 1. The molecule has 1 N–H and O–H groups in total. The molecule has 0 saturated carbocycles. The fraction of sp³-hybridized carbons (Fsp3) is 0.333. The predicted molar refractivity (Wildman–Crippen MR) is 85.1 cm³/mol. The third kappa shape index (κ3) is 4.15. The highest BCUT2D eigenvalue weighted by Crippen LogP contribution is 2.23. The van der Waals surface area contributed by atoms with E-state index in [4.69, 9.17) is 0 Å². The van der Waals surface area contributed by atoms with E-state index in [2.05, 4.69) is 38.2 Å². The van der Waals surface area contributed by atoms with Gasteiger partial charge in [-0.25, -0.2) is 0 Å². The fourth-order valence-electron chi connectivity index (χ4n) is 2.15. The zero-order chi connectivity index (χ0) is 15.5. The standard InChI is InChI=1S/C18H22N2O/c1-14-7-5-6-12-20(14)13-17(21)19-16-10-8-15(9-11-16)18(2,3)4/h5-12H,13H2,1-4H3/p+1. The van der Waals surface area contributed by atoms with E-state index in [0.29, 0.717) is 6.54 Å². The van der Waals surface area contributed by atoms with Crippen molar-refractivity contribution >= 4 is 11.6 Å². The summed E-state index contributed by atoms with van der Waals surface area (Å²) in [7, 11) is 0. The second kappa shape index (κ2) is 6.08. The average molecular weight is 283 g/mol. The smallest absolute Gasteiger partial charge is 0.290 e. The van der Waals surface area contributed by atoms with Gasteiger partial charge in [0.2, 0.25) is 6.54 Å². The normalized spacial score (nSPS) is 11.2. The maximum absolute atomic E-state index is 12.1. The molecule has 110 valence electrons. The van der Waals surface area contributed by atoms with Crippen molar-refractivity contribution in [1.29, 1.82) is 0 Å². The Bertz CT molecular complexity index is 624. The highest BCUT2D eigenvalue weighted by Gasteiger charge is 2.14. The van der Waals surface area contributed by atoms with Gasteiger partial charge in [-0.05, 0) is 23.1 Å². The van der Waals surface area contributed by atoms with Crippen molar-refractivity contribution in [1.82, 2.24) is 0 Å². The molecule has 0 radical (unpaired) electrons. The Morgan fingerprint density at radius 2 is 1.76 bits per heavy atom. The van der Waals surface area contributed by atoms with Crippen molar-refractivity contribution in [2.24, 2.45) is 0 Å². The minimum Gasteiger partial charge on any atom is -0.321 e. The zero-order valence-corrected chi connectivity index (χ0v) is 13.2. The van der Waals surface area contributed by atoms with E-state index in [1.54, 1.807) is 0 Å². The Morgan fingerprint density at radius 1 is 1.10 bits per heavy atom. The fourth-order valence-corrected chi connectivity index (χ4v) is 2.15. The van der Waals surface area contributed by atoms with Crippen molar-refractivity contribution in [2.45, 2.75) is 39.7 Å². The lowest BCUT2D eigenvalue weighted by atomic mass is 9.87. The number of carbonyl (C=O) groups is 1. The summed E-state index contributed by atoms with van der Waals surface area (Å²) in [6.07, 6.45) is 1.91. The van der Waals surface area contributed by atoms with Gasteiger partial charge in [0.05, 0.1) is 0 Å². The van der Waals surface area contributed by atoms with Gasteiger partial charge >= 0.3 is 0 Å². The molecule has 1 amide bonds. The molecule has 0 bridgehead atoms. The van der Waals surface area contributed by atoms with Crippen LogP contribution in [-0.2, 0) is 16.8 Å². The monoisotopic (exact) mass is 283 g/mol. The van der Waals surface area contributed by atoms with Crippen LogP contribution in [0.15, 0.2) is 48.7 Å². The average Bonchev–Trinajstić information content (AvgIpc) is 2.41. The van der Waals surface area contributed by atoms with E-state index in [9.17, 15) is 4.79 Å². The molecule has 0 aliphatic carbocycles. The largest absolute Gasteiger partial charge is 0.321 e. The van der Waals surface area contributed by atoms with Crippen LogP contribution in [0.25, 0.3) is 0 Å². The molecule has 3 nitrogen and oxygen atoms in total. The van der Waals surface area contributed by atoms with Gasteiger partial charge in [-0.3, -0.25) is 4.79 Å². The summed E-state index contributed by atoms with van der Waals surface area (Å²) >= 11 is 0. The first kappa shape index (κ1) is 15.2. The Labute approximate surface area is 126 Å². The molecule has 1 aromatic heterocycles. The van der Waals surface area contributed by atoms with Crippen LogP contribution in [0.2, 0.25) is 0 Å². The van der Waals surface area contributed by atoms with Gasteiger partial charge in [-0.1, -0.05) is 39.0 Å². The number of carbonyl (C=O) groups excluding carboxylic acids is 1. The molecule has 0 aliphatic heterocycles.